The first kappa shape index (κ1) is 11.2. The van der Waals surface area contributed by atoms with Crippen LogP contribution in [0.2, 0.25) is 0 Å². The molecule has 0 aliphatic heterocycles. The van der Waals surface area contributed by atoms with E-state index in [9.17, 15) is 5.11 Å². The summed E-state index contributed by atoms with van der Waals surface area (Å²) in [5, 5.41) is 21.8. The van der Waals surface area contributed by atoms with Crippen LogP contribution in [-0.2, 0) is 0 Å². The van der Waals surface area contributed by atoms with Gasteiger partial charge in [0.15, 0.2) is 0 Å². The van der Waals surface area contributed by atoms with E-state index in [1.165, 1.54) is 0 Å². The molecule has 0 saturated heterocycles. The van der Waals surface area contributed by atoms with Gasteiger partial charge in [0.05, 0.1) is 11.8 Å². The fraction of sp³-hybridized carbons (Fsp3) is 0.727. The second-order valence-electron chi connectivity index (χ2n) is 4.65. The van der Waals surface area contributed by atoms with Crippen molar-refractivity contribution in [3.63, 3.8) is 0 Å². The van der Waals surface area contributed by atoms with E-state index in [4.69, 9.17) is 5.21 Å². The lowest BCUT2D eigenvalue weighted by Crippen LogP contribution is -2.31. The van der Waals surface area contributed by atoms with Gasteiger partial charge in [-0.3, -0.25) is 0 Å². The summed E-state index contributed by atoms with van der Waals surface area (Å²) in [6.45, 7) is 7.92. The van der Waals surface area contributed by atoms with Crippen molar-refractivity contribution in [3.8, 4) is 0 Å². The molecule has 1 unspecified atom stereocenters. The lowest BCUT2D eigenvalue weighted by Gasteiger charge is -2.36. The van der Waals surface area contributed by atoms with Crippen LogP contribution in [0.25, 0.3) is 0 Å². The maximum absolute atomic E-state index is 9.70. The minimum atomic E-state index is -0.470. The molecule has 0 aromatic heterocycles. The number of nitrogens with zero attached hydrogens (tertiary/aromatic N) is 1. The molecule has 0 amide bonds. The molecule has 3 heteroatoms. The SMILES string of the molecule is CC1=C(C(C)O)C(C)(C)CC/C1=N/O. The summed E-state index contributed by atoms with van der Waals surface area (Å²) in [5.41, 5.74) is 2.66. The molecular formula is C11H19NO2. The highest BCUT2D eigenvalue weighted by atomic mass is 16.4. The number of rotatable bonds is 1. The van der Waals surface area contributed by atoms with Crippen LogP contribution in [0.4, 0.5) is 0 Å². The van der Waals surface area contributed by atoms with Gasteiger partial charge >= 0.3 is 0 Å². The van der Waals surface area contributed by atoms with Gasteiger partial charge in [-0.05, 0) is 43.3 Å². The summed E-state index contributed by atoms with van der Waals surface area (Å²) in [6, 6.07) is 0. The number of oxime groups is 1. The summed E-state index contributed by atoms with van der Waals surface area (Å²) in [5.74, 6) is 0. The van der Waals surface area contributed by atoms with Crippen molar-refractivity contribution in [1.29, 1.82) is 0 Å². The van der Waals surface area contributed by atoms with Crippen LogP contribution in [0, 0.1) is 5.41 Å². The number of hydrogen-bond donors (Lipinski definition) is 2. The lowest BCUT2D eigenvalue weighted by molar-refractivity contribution is 0.191. The summed E-state index contributed by atoms with van der Waals surface area (Å²) in [7, 11) is 0. The van der Waals surface area contributed by atoms with Crippen molar-refractivity contribution < 1.29 is 10.3 Å². The first-order valence-corrected chi connectivity index (χ1v) is 5.00. The Kier molecular flexibility index (Phi) is 3.00. The molecule has 0 aromatic rings. The Morgan fingerprint density at radius 2 is 2.00 bits per heavy atom. The van der Waals surface area contributed by atoms with Gasteiger partial charge in [-0.2, -0.15) is 0 Å². The molecule has 1 aliphatic rings. The van der Waals surface area contributed by atoms with E-state index in [0.717, 1.165) is 24.0 Å². The molecular weight excluding hydrogens is 178 g/mol. The Balaban J connectivity index is 3.22. The highest BCUT2D eigenvalue weighted by Gasteiger charge is 2.33. The van der Waals surface area contributed by atoms with Crippen LogP contribution in [0.5, 0.6) is 0 Å². The summed E-state index contributed by atoms with van der Waals surface area (Å²) in [6.07, 6.45) is 1.23. The predicted octanol–water partition coefficient (Wildman–Crippen LogP) is 2.33. The quantitative estimate of drug-likeness (QED) is 0.500. The molecule has 0 spiro atoms. The van der Waals surface area contributed by atoms with Gasteiger partial charge in [0.1, 0.15) is 0 Å². The van der Waals surface area contributed by atoms with Crippen molar-refractivity contribution in [3.05, 3.63) is 11.1 Å². The van der Waals surface area contributed by atoms with Crippen molar-refractivity contribution in [2.24, 2.45) is 10.6 Å². The Hall–Kier alpha value is -0.830. The van der Waals surface area contributed by atoms with Gasteiger partial charge in [0, 0.05) is 0 Å². The summed E-state index contributed by atoms with van der Waals surface area (Å²) < 4.78 is 0. The van der Waals surface area contributed by atoms with E-state index in [1.54, 1.807) is 6.92 Å². The smallest absolute Gasteiger partial charge is 0.0825 e. The van der Waals surface area contributed by atoms with Crippen LogP contribution in [0.1, 0.15) is 40.5 Å². The van der Waals surface area contributed by atoms with Crippen LogP contribution in [0.15, 0.2) is 16.3 Å². The van der Waals surface area contributed by atoms with Gasteiger partial charge in [0.25, 0.3) is 0 Å². The first-order valence-electron chi connectivity index (χ1n) is 5.00. The van der Waals surface area contributed by atoms with Crippen LogP contribution in [0.3, 0.4) is 0 Å². The Morgan fingerprint density at radius 3 is 2.43 bits per heavy atom. The first-order chi connectivity index (χ1) is 6.40. The van der Waals surface area contributed by atoms with Gasteiger partial charge in [0.2, 0.25) is 0 Å². The average molecular weight is 197 g/mol. The molecule has 0 saturated carbocycles. The third-order valence-electron chi connectivity index (χ3n) is 3.09. The zero-order chi connectivity index (χ0) is 10.9. The zero-order valence-electron chi connectivity index (χ0n) is 9.33. The average Bonchev–Trinajstić information content (AvgIpc) is 2.02. The second kappa shape index (κ2) is 3.73. The Bertz CT molecular complexity index is 288. The van der Waals surface area contributed by atoms with E-state index in [0.29, 0.717) is 5.71 Å². The monoisotopic (exact) mass is 197 g/mol. The molecule has 0 radical (unpaired) electrons. The molecule has 1 rings (SSSR count). The standard InChI is InChI=1S/C11H19NO2/c1-7-9(12-14)5-6-11(3,4)10(7)8(2)13/h8,13-14H,5-6H2,1-4H3/b12-9-. The molecule has 14 heavy (non-hydrogen) atoms. The molecule has 0 aromatic carbocycles. The number of hydrogen-bond acceptors (Lipinski definition) is 3. The largest absolute Gasteiger partial charge is 0.411 e. The molecule has 0 fully saturated rings. The third kappa shape index (κ3) is 1.82. The minimum absolute atomic E-state index is 0.00639. The topological polar surface area (TPSA) is 52.8 Å². The van der Waals surface area contributed by atoms with E-state index in [2.05, 4.69) is 19.0 Å². The zero-order valence-corrected chi connectivity index (χ0v) is 9.33. The molecule has 0 heterocycles. The van der Waals surface area contributed by atoms with Crippen molar-refractivity contribution in [2.45, 2.75) is 46.6 Å². The van der Waals surface area contributed by atoms with Crippen LogP contribution >= 0.6 is 0 Å². The fourth-order valence-electron chi connectivity index (χ4n) is 2.42. The van der Waals surface area contributed by atoms with Gasteiger partial charge in [-0.25, -0.2) is 0 Å². The Labute approximate surface area is 85.1 Å². The molecule has 3 nitrogen and oxygen atoms in total. The number of aliphatic hydroxyl groups is 1. The van der Waals surface area contributed by atoms with Gasteiger partial charge in [-0.15, -0.1) is 0 Å². The summed E-state index contributed by atoms with van der Waals surface area (Å²) in [4.78, 5) is 0. The highest BCUT2D eigenvalue weighted by molar-refractivity contribution is 6.01. The van der Waals surface area contributed by atoms with Crippen molar-refractivity contribution in [1.82, 2.24) is 0 Å². The lowest BCUT2D eigenvalue weighted by atomic mass is 9.70. The number of aliphatic hydroxyl groups excluding tert-OH is 1. The van der Waals surface area contributed by atoms with Crippen molar-refractivity contribution >= 4 is 5.71 Å². The minimum Gasteiger partial charge on any atom is -0.411 e. The molecule has 0 bridgehead atoms. The highest BCUT2D eigenvalue weighted by Crippen LogP contribution is 2.40. The fourth-order valence-corrected chi connectivity index (χ4v) is 2.42. The maximum atomic E-state index is 9.70. The molecule has 1 aliphatic carbocycles. The van der Waals surface area contributed by atoms with Gasteiger partial charge in [-0.1, -0.05) is 19.0 Å². The van der Waals surface area contributed by atoms with E-state index in [-0.39, 0.29) is 5.41 Å². The normalized spacial score (nSPS) is 26.8. The summed E-state index contributed by atoms with van der Waals surface area (Å²) >= 11 is 0. The molecule has 1 atom stereocenters. The molecule has 80 valence electrons. The number of allylic oxidation sites excluding steroid dienone is 1. The third-order valence-corrected chi connectivity index (χ3v) is 3.09. The maximum Gasteiger partial charge on any atom is 0.0825 e. The van der Waals surface area contributed by atoms with Crippen LogP contribution < -0.4 is 0 Å². The predicted molar refractivity (Wildman–Crippen MR) is 56.6 cm³/mol. The Morgan fingerprint density at radius 1 is 1.43 bits per heavy atom. The second-order valence-corrected chi connectivity index (χ2v) is 4.65. The van der Waals surface area contributed by atoms with Crippen molar-refractivity contribution in [2.75, 3.05) is 0 Å². The molecule has 2 N–H and O–H groups in total. The van der Waals surface area contributed by atoms with Crippen LogP contribution in [-0.4, -0.2) is 22.1 Å². The van der Waals surface area contributed by atoms with E-state index >= 15 is 0 Å². The van der Waals surface area contributed by atoms with Gasteiger partial charge < -0.3 is 10.3 Å². The van der Waals surface area contributed by atoms with E-state index < -0.39 is 6.10 Å². The van der Waals surface area contributed by atoms with E-state index in [1.807, 2.05) is 6.92 Å².